The number of H-pyrrole nitrogens is 1. The molecule has 15 heteroatoms. The summed E-state index contributed by atoms with van der Waals surface area (Å²) in [6.45, 7) is 3.25. The molecule has 6 N–H and O–H groups in total. The molecule has 0 spiro atoms. The summed E-state index contributed by atoms with van der Waals surface area (Å²) in [5, 5.41) is 32.3. The number of carbonyl (C=O) groups is 3. The molecule has 0 saturated carbocycles. The van der Waals surface area contributed by atoms with E-state index in [1.807, 2.05) is 24.4 Å². The first-order valence-corrected chi connectivity index (χ1v) is 18.7. The highest BCUT2D eigenvalue weighted by Crippen LogP contribution is 2.46. The molecule has 2 fully saturated rings. The number of aliphatic hydroxyl groups excluding tert-OH is 2. The fourth-order valence-electron chi connectivity index (χ4n) is 7.63. The van der Waals surface area contributed by atoms with Crippen molar-refractivity contribution in [3.63, 3.8) is 0 Å². The number of unbranched alkanes of at least 4 members (excludes halogenated alkanes) is 3. The van der Waals surface area contributed by atoms with Crippen LogP contribution in [0, 0.1) is 0 Å². The number of halogens is 1. The molecular formula is C38H45ClN8O6. The number of hydrogen-bond acceptors (Lipinski definition) is 11. The molecule has 4 atom stereocenters. The maximum atomic E-state index is 12.6. The Morgan fingerprint density at radius 3 is 2.75 bits per heavy atom. The summed E-state index contributed by atoms with van der Waals surface area (Å²) in [6, 6.07) is 12.4. The Kier molecular flexibility index (Phi) is 11.5. The van der Waals surface area contributed by atoms with E-state index in [1.54, 1.807) is 24.4 Å². The molecule has 0 bridgehead atoms. The van der Waals surface area contributed by atoms with E-state index in [0.717, 1.165) is 74.6 Å². The number of para-hydroxylation sites is 1. The third kappa shape index (κ3) is 8.31. The van der Waals surface area contributed by atoms with Gasteiger partial charge >= 0.3 is 0 Å². The molecule has 5 heterocycles. The van der Waals surface area contributed by atoms with Crippen LogP contribution in [-0.2, 0) is 14.4 Å². The second kappa shape index (κ2) is 16.6. The van der Waals surface area contributed by atoms with Gasteiger partial charge in [0, 0.05) is 59.3 Å². The summed E-state index contributed by atoms with van der Waals surface area (Å²) < 4.78 is 5.77. The molecule has 3 amide bonds. The van der Waals surface area contributed by atoms with Crippen LogP contribution in [0.5, 0.6) is 5.75 Å². The van der Waals surface area contributed by atoms with Crippen molar-refractivity contribution in [2.24, 2.45) is 0 Å². The number of ether oxygens (including phenoxy) is 1. The molecule has 53 heavy (non-hydrogen) atoms. The second-order valence-corrected chi connectivity index (χ2v) is 14.3. The van der Waals surface area contributed by atoms with Crippen molar-refractivity contribution >= 4 is 46.2 Å². The summed E-state index contributed by atoms with van der Waals surface area (Å²) in [6.07, 6.45) is 7.38. The van der Waals surface area contributed by atoms with Gasteiger partial charge < -0.3 is 35.5 Å². The summed E-state index contributed by atoms with van der Waals surface area (Å²) in [7, 11) is 0. The minimum Gasteiger partial charge on any atom is -0.483 e. The predicted octanol–water partition coefficient (Wildman–Crippen LogP) is 4.01. The molecule has 7 rings (SSSR count). The highest BCUT2D eigenvalue weighted by atomic mass is 35.5. The van der Waals surface area contributed by atoms with Crippen molar-refractivity contribution < 1.29 is 29.3 Å². The van der Waals surface area contributed by atoms with E-state index in [-0.39, 0.29) is 43.1 Å². The Morgan fingerprint density at radius 1 is 1.04 bits per heavy atom. The fourth-order valence-corrected chi connectivity index (χ4v) is 7.82. The smallest absolute Gasteiger partial charge is 0.257 e. The summed E-state index contributed by atoms with van der Waals surface area (Å²) >= 11 is 6.53. The molecule has 3 aliphatic heterocycles. The Balaban J connectivity index is 0.801. The zero-order valence-corrected chi connectivity index (χ0v) is 30.1. The number of carbonyl (C=O) groups excluding carboxylic acids is 3. The first-order valence-electron chi connectivity index (χ1n) is 18.3. The van der Waals surface area contributed by atoms with Crippen molar-refractivity contribution in [2.45, 2.75) is 75.9 Å². The topological polar surface area (TPSA) is 185 Å². The number of aliphatic hydroxyl groups is 2. The molecule has 3 unspecified atom stereocenters. The normalized spacial score (nSPS) is 22.1. The quantitative estimate of drug-likeness (QED) is 0.0810. The van der Waals surface area contributed by atoms with E-state index in [0.29, 0.717) is 34.3 Å². The molecule has 4 aromatic rings. The minimum absolute atomic E-state index is 0.111. The number of piperidine rings is 2. The first kappa shape index (κ1) is 36.7. The number of aromatic nitrogens is 3. The summed E-state index contributed by atoms with van der Waals surface area (Å²) in [5.74, 6) is -0.406. The number of nitrogens with one attached hydrogen (secondary N) is 4. The lowest BCUT2D eigenvalue weighted by molar-refractivity contribution is -0.154. The predicted molar refractivity (Wildman–Crippen MR) is 199 cm³/mol. The standard InChI is InChI=1S/C38H45ClN8O6/c39-27-20-42-38(45-34(27)26-19-41-28-12-4-3-10-24(26)28)43-23-9-8-18-46(21-23)17-6-2-1-5-16-40-32(49)22-53-30-13-7-11-25-33(30)37(52)47(36(25)51)29-14-15-31(48)44-35(29)50/h3-4,7,10-13,19-20,23,29,36-37,41,51-52H,1-2,5-6,8-9,14-18,21-22H2,(H,40,49)(H,42,43,45)(H,44,48,50)/t23-,29?,36?,37?/m1/s1. The lowest BCUT2D eigenvalue weighted by Crippen LogP contribution is -2.52. The third-order valence-corrected chi connectivity index (χ3v) is 10.6. The average molecular weight is 745 g/mol. The number of hydrogen-bond donors (Lipinski definition) is 6. The summed E-state index contributed by atoms with van der Waals surface area (Å²) in [5.41, 5.74) is 3.39. The largest absolute Gasteiger partial charge is 0.483 e. The molecule has 3 aliphatic rings. The monoisotopic (exact) mass is 744 g/mol. The van der Waals surface area contributed by atoms with E-state index < -0.39 is 24.4 Å². The Hall–Kier alpha value is -4.60. The van der Waals surface area contributed by atoms with Gasteiger partial charge in [-0.2, -0.15) is 0 Å². The average Bonchev–Trinajstić information content (AvgIpc) is 3.69. The van der Waals surface area contributed by atoms with Crippen LogP contribution in [0.25, 0.3) is 22.2 Å². The van der Waals surface area contributed by atoms with Crippen molar-refractivity contribution in [1.82, 2.24) is 35.4 Å². The van der Waals surface area contributed by atoms with Crippen LogP contribution in [0.3, 0.4) is 0 Å². The van der Waals surface area contributed by atoms with E-state index in [9.17, 15) is 24.6 Å². The first-order chi connectivity index (χ1) is 25.8. The molecule has 0 radical (unpaired) electrons. The van der Waals surface area contributed by atoms with E-state index in [1.165, 1.54) is 4.90 Å². The van der Waals surface area contributed by atoms with Crippen molar-refractivity contribution in [3.05, 3.63) is 71.0 Å². The van der Waals surface area contributed by atoms with Crippen molar-refractivity contribution in [1.29, 1.82) is 0 Å². The van der Waals surface area contributed by atoms with Gasteiger partial charge in [0.15, 0.2) is 6.61 Å². The number of benzene rings is 2. The van der Waals surface area contributed by atoms with Gasteiger partial charge in [0.25, 0.3) is 5.91 Å². The SMILES string of the molecule is O=C(COc1cccc2c1C(O)N(C1CCC(=O)NC1=O)C2O)NCCCCCCN1CCC[C@@H](Nc2ncc(Cl)c(-c3c[nH]c4ccccc34)n2)C1. The molecular weight excluding hydrogens is 700 g/mol. The molecule has 280 valence electrons. The number of anilines is 1. The van der Waals surface area contributed by atoms with Crippen LogP contribution in [0.15, 0.2) is 54.9 Å². The lowest BCUT2D eigenvalue weighted by Gasteiger charge is -2.34. The van der Waals surface area contributed by atoms with Gasteiger partial charge in [-0.05, 0) is 57.3 Å². The van der Waals surface area contributed by atoms with E-state index in [4.69, 9.17) is 21.3 Å². The van der Waals surface area contributed by atoms with Crippen LogP contribution in [-0.4, -0.2) is 97.6 Å². The van der Waals surface area contributed by atoms with E-state index >= 15 is 0 Å². The third-order valence-electron chi connectivity index (χ3n) is 10.3. The number of imide groups is 1. The molecule has 14 nitrogen and oxygen atoms in total. The van der Waals surface area contributed by atoms with Crippen LogP contribution in [0.4, 0.5) is 5.95 Å². The number of nitrogens with zero attached hydrogens (tertiary/aromatic N) is 4. The van der Waals surface area contributed by atoms with Gasteiger partial charge in [-0.25, -0.2) is 14.9 Å². The van der Waals surface area contributed by atoms with Crippen LogP contribution < -0.4 is 20.7 Å². The second-order valence-electron chi connectivity index (χ2n) is 13.9. The van der Waals surface area contributed by atoms with Gasteiger partial charge in [-0.15, -0.1) is 0 Å². The highest BCUT2D eigenvalue weighted by Gasteiger charge is 2.46. The van der Waals surface area contributed by atoms with Crippen LogP contribution >= 0.6 is 11.6 Å². The van der Waals surface area contributed by atoms with Crippen LogP contribution in [0.2, 0.25) is 5.02 Å². The maximum absolute atomic E-state index is 12.6. The minimum atomic E-state index is -1.34. The van der Waals surface area contributed by atoms with Gasteiger partial charge in [-0.3, -0.25) is 19.7 Å². The van der Waals surface area contributed by atoms with Gasteiger partial charge in [0.05, 0.1) is 23.0 Å². The number of amides is 3. The Morgan fingerprint density at radius 2 is 1.89 bits per heavy atom. The molecule has 2 aromatic heterocycles. The van der Waals surface area contributed by atoms with E-state index in [2.05, 4.69) is 36.9 Å². The zero-order chi connectivity index (χ0) is 36.9. The van der Waals surface area contributed by atoms with Crippen molar-refractivity contribution in [2.75, 3.05) is 38.1 Å². The highest BCUT2D eigenvalue weighted by molar-refractivity contribution is 6.33. The maximum Gasteiger partial charge on any atom is 0.257 e. The Bertz CT molecular complexity index is 1960. The summed E-state index contributed by atoms with van der Waals surface area (Å²) in [4.78, 5) is 52.9. The van der Waals surface area contributed by atoms with Gasteiger partial charge in [0.2, 0.25) is 17.8 Å². The van der Waals surface area contributed by atoms with Crippen LogP contribution in [0.1, 0.15) is 74.9 Å². The fraction of sp³-hybridized carbons (Fsp3) is 0.447. The molecule has 2 aromatic carbocycles. The number of fused-ring (bicyclic) bond motifs is 2. The zero-order valence-electron chi connectivity index (χ0n) is 29.4. The van der Waals surface area contributed by atoms with Gasteiger partial charge in [-0.1, -0.05) is 54.8 Å². The lowest BCUT2D eigenvalue weighted by atomic mass is 10.0. The number of rotatable bonds is 14. The van der Waals surface area contributed by atoms with Gasteiger partial charge in [0.1, 0.15) is 18.2 Å². The molecule has 0 aliphatic carbocycles. The number of likely N-dealkylation sites (tertiary alicyclic amines) is 1. The van der Waals surface area contributed by atoms with Crippen molar-refractivity contribution in [3.8, 4) is 17.0 Å². The number of aromatic amines is 1. The Labute approximate surface area is 312 Å². The molecule has 2 saturated heterocycles.